The number of nitrogens with two attached hydrogens (primary N) is 1. The van der Waals surface area contributed by atoms with E-state index in [0.717, 1.165) is 0 Å². The fraction of sp³-hybridized carbons (Fsp3) is 0.286. The van der Waals surface area contributed by atoms with Crippen molar-refractivity contribution < 1.29 is 9.90 Å². The molecule has 3 nitrogen and oxygen atoms in total. The van der Waals surface area contributed by atoms with Crippen LogP contribution < -0.4 is 5.73 Å². The average molecular weight is 139 g/mol. The summed E-state index contributed by atoms with van der Waals surface area (Å²) < 4.78 is 0. The molecule has 0 aromatic heterocycles. The van der Waals surface area contributed by atoms with Gasteiger partial charge in [0.05, 0.1) is 0 Å². The van der Waals surface area contributed by atoms with Gasteiger partial charge in [-0.25, -0.2) is 4.79 Å². The van der Waals surface area contributed by atoms with Crippen molar-refractivity contribution in [3.63, 3.8) is 0 Å². The Hall–Kier alpha value is -1.25. The van der Waals surface area contributed by atoms with Crippen LogP contribution in [0.15, 0.2) is 23.4 Å². The van der Waals surface area contributed by atoms with E-state index in [9.17, 15) is 4.79 Å². The first-order valence-corrected chi connectivity index (χ1v) is 3.07. The topological polar surface area (TPSA) is 63.3 Å². The normalized spacial score (nSPS) is 17.6. The lowest BCUT2D eigenvalue weighted by atomic mass is 10.0. The molecule has 1 aliphatic carbocycles. The lowest BCUT2D eigenvalue weighted by Gasteiger charge is -2.06. The van der Waals surface area contributed by atoms with Crippen LogP contribution in [-0.4, -0.2) is 11.1 Å². The van der Waals surface area contributed by atoms with Gasteiger partial charge in [-0.15, -0.1) is 0 Å². The first-order chi connectivity index (χ1) is 4.70. The van der Waals surface area contributed by atoms with Crippen LogP contribution in [0.3, 0.4) is 0 Å². The molecule has 0 saturated carbocycles. The van der Waals surface area contributed by atoms with Crippen molar-refractivity contribution in [3.8, 4) is 0 Å². The second-order valence-corrected chi connectivity index (χ2v) is 2.23. The Morgan fingerprint density at radius 3 is 2.70 bits per heavy atom. The number of hydrogen-bond donors (Lipinski definition) is 2. The van der Waals surface area contributed by atoms with Crippen molar-refractivity contribution in [2.45, 2.75) is 12.8 Å². The Kier molecular flexibility index (Phi) is 1.76. The zero-order chi connectivity index (χ0) is 7.56. The number of allylic oxidation sites excluding steroid dienone is 3. The standard InChI is InChI=1S/C7H9NO2/c8-6-3-1-2-5(4-6)7(9)10/h2-3H,1,4,8H2,(H,9,10). The maximum absolute atomic E-state index is 10.3. The van der Waals surface area contributed by atoms with E-state index in [1.54, 1.807) is 6.08 Å². The van der Waals surface area contributed by atoms with Crippen LogP contribution in [0.4, 0.5) is 0 Å². The molecule has 3 heteroatoms. The van der Waals surface area contributed by atoms with Gasteiger partial charge in [-0.05, 0) is 6.42 Å². The Bertz CT molecular complexity index is 216. The van der Waals surface area contributed by atoms with Crippen LogP contribution in [-0.2, 0) is 4.79 Å². The molecule has 0 radical (unpaired) electrons. The molecule has 54 valence electrons. The molecule has 0 aliphatic heterocycles. The molecule has 0 atom stereocenters. The predicted molar refractivity (Wildman–Crippen MR) is 37.2 cm³/mol. The molecule has 10 heavy (non-hydrogen) atoms. The summed E-state index contributed by atoms with van der Waals surface area (Å²) >= 11 is 0. The molecule has 3 N–H and O–H groups in total. The monoisotopic (exact) mass is 139 g/mol. The molecule has 0 spiro atoms. The Morgan fingerprint density at radius 2 is 2.30 bits per heavy atom. The van der Waals surface area contributed by atoms with Crippen molar-refractivity contribution in [2.24, 2.45) is 5.73 Å². The second-order valence-electron chi connectivity index (χ2n) is 2.23. The Morgan fingerprint density at radius 1 is 1.60 bits per heavy atom. The number of rotatable bonds is 1. The lowest BCUT2D eigenvalue weighted by molar-refractivity contribution is -0.132. The highest BCUT2D eigenvalue weighted by atomic mass is 16.4. The van der Waals surface area contributed by atoms with Gasteiger partial charge in [-0.2, -0.15) is 0 Å². The van der Waals surface area contributed by atoms with Crippen LogP contribution in [0.25, 0.3) is 0 Å². The van der Waals surface area contributed by atoms with Crippen molar-refractivity contribution >= 4 is 5.97 Å². The fourth-order valence-electron chi connectivity index (χ4n) is 0.880. The maximum Gasteiger partial charge on any atom is 0.331 e. The summed E-state index contributed by atoms with van der Waals surface area (Å²) in [5, 5.41) is 8.50. The van der Waals surface area contributed by atoms with Gasteiger partial charge in [0.2, 0.25) is 0 Å². The van der Waals surface area contributed by atoms with Crippen LogP contribution in [0, 0.1) is 0 Å². The van der Waals surface area contributed by atoms with Crippen molar-refractivity contribution in [1.29, 1.82) is 0 Å². The Balaban J connectivity index is 2.66. The van der Waals surface area contributed by atoms with Crippen LogP contribution in [0.2, 0.25) is 0 Å². The summed E-state index contributed by atoms with van der Waals surface area (Å²) in [6.07, 6.45) is 4.54. The zero-order valence-electron chi connectivity index (χ0n) is 5.50. The van der Waals surface area contributed by atoms with E-state index < -0.39 is 5.97 Å². The number of carbonyl (C=O) groups is 1. The van der Waals surface area contributed by atoms with Gasteiger partial charge in [-0.1, -0.05) is 12.2 Å². The molecule has 1 rings (SSSR count). The maximum atomic E-state index is 10.3. The van der Waals surface area contributed by atoms with Crippen molar-refractivity contribution in [2.75, 3.05) is 0 Å². The van der Waals surface area contributed by atoms with E-state index in [0.29, 0.717) is 24.1 Å². The van der Waals surface area contributed by atoms with Gasteiger partial charge >= 0.3 is 5.97 Å². The number of aliphatic carboxylic acids is 1. The minimum atomic E-state index is -0.865. The molecule has 1 aliphatic rings. The summed E-state index contributed by atoms with van der Waals surface area (Å²) in [4.78, 5) is 10.3. The number of carboxylic acids is 1. The van der Waals surface area contributed by atoms with Gasteiger partial charge in [-0.3, -0.25) is 0 Å². The molecule has 0 heterocycles. The molecule has 0 bridgehead atoms. The molecule has 0 aromatic rings. The summed E-state index contributed by atoms with van der Waals surface area (Å²) in [5.74, 6) is -0.865. The van der Waals surface area contributed by atoms with E-state index in [-0.39, 0.29) is 0 Å². The van der Waals surface area contributed by atoms with E-state index in [1.807, 2.05) is 6.08 Å². The molecule has 0 fully saturated rings. The smallest absolute Gasteiger partial charge is 0.331 e. The summed E-state index contributed by atoms with van der Waals surface area (Å²) in [6.45, 7) is 0. The Labute approximate surface area is 58.8 Å². The number of carboxylic acid groups (broad SMARTS) is 1. The van der Waals surface area contributed by atoms with Crippen LogP contribution >= 0.6 is 0 Å². The molecule has 0 amide bonds. The molecular formula is C7H9NO2. The molecule has 0 aromatic carbocycles. The minimum absolute atomic E-state index is 0.384. The van der Waals surface area contributed by atoms with E-state index in [4.69, 9.17) is 10.8 Å². The second kappa shape index (κ2) is 2.56. The fourth-order valence-corrected chi connectivity index (χ4v) is 0.880. The largest absolute Gasteiger partial charge is 0.478 e. The van der Waals surface area contributed by atoms with E-state index >= 15 is 0 Å². The average Bonchev–Trinajstić information content (AvgIpc) is 1.88. The van der Waals surface area contributed by atoms with Gasteiger partial charge < -0.3 is 10.8 Å². The SMILES string of the molecule is NC1=CCC=C(C(=O)O)C1. The van der Waals surface area contributed by atoms with Gasteiger partial charge in [0, 0.05) is 17.7 Å². The third-order valence-corrected chi connectivity index (χ3v) is 1.41. The van der Waals surface area contributed by atoms with Gasteiger partial charge in [0.15, 0.2) is 0 Å². The zero-order valence-corrected chi connectivity index (χ0v) is 5.50. The highest BCUT2D eigenvalue weighted by Crippen LogP contribution is 2.14. The van der Waals surface area contributed by atoms with Crippen LogP contribution in [0.5, 0.6) is 0 Å². The highest BCUT2D eigenvalue weighted by molar-refractivity contribution is 5.87. The quantitative estimate of drug-likeness (QED) is 0.560. The predicted octanol–water partition coefficient (Wildman–Crippen LogP) is 0.634. The van der Waals surface area contributed by atoms with Crippen molar-refractivity contribution in [3.05, 3.63) is 23.4 Å². The van der Waals surface area contributed by atoms with Crippen LogP contribution in [0.1, 0.15) is 12.8 Å². The summed E-state index contributed by atoms with van der Waals surface area (Å²) in [7, 11) is 0. The van der Waals surface area contributed by atoms with E-state index in [1.165, 1.54) is 0 Å². The van der Waals surface area contributed by atoms with Gasteiger partial charge in [0.1, 0.15) is 0 Å². The molecular weight excluding hydrogens is 130 g/mol. The first-order valence-electron chi connectivity index (χ1n) is 3.07. The van der Waals surface area contributed by atoms with Crippen molar-refractivity contribution in [1.82, 2.24) is 0 Å². The lowest BCUT2D eigenvalue weighted by Crippen LogP contribution is -2.09. The molecule has 0 unspecified atom stereocenters. The minimum Gasteiger partial charge on any atom is -0.478 e. The first kappa shape index (κ1) is 6.86. The third-order valence-electron chi connectivity index (χ3n) is 1.41. The number of hydrogen-bond acceptors (Lipinski definition) is 2. The molecule has 0 saturated heterocycles. The highest BCUT2D eigenvalue weighted by Gasteiger charge is 2.09. The summed E-state index contributed by atoms with van der Waals surface area (Å²) in [6, 6.07) is 0. The summed E-state index contributed by atoms with van der Waals surface area (Å²) in [5.41, 5.74) is 6.48. The van der Waals surface area contributed by atoms with Gasteiger partial charge in [0.25, 0.3) is 0 Å². The third kappa shape index (κ3) is 1.37. The van der Waals surface area contributed by atoms with E-state index in [2.05, 4.69) is 0 Å².